The van der Waals surface area contributed by atoms with E-state index >= 15 is 0 Å². The van der Waals surface area contributed by atoms with Gasteiger partial charge in [0, 0.05) is 31.9 Å². The van der Waals surface area contributed by atoms with Crippen molar-refractivity contribution in [1.82, 2.24) is 9.21 Å². The molecule has 1 saturated heterocycles. The maximum atomic E-state index is 12.7. The van der Waals surface area contributed by atoms with E-state index in [4.69, 9.17) is 5.26 Å². The summed E-state index contributed by atoms with van der Waals surface area (Å²) < 4.78 is 27.0. The number of nitriles is 1. The summed E-state index contributed by atoms with van der Waals surface area (Å²) >= 11 is 0. The Hall–Kier alpha value is -2.73. The summed E-state index contributed by atoms with van der Waals surface area (Å²) in [6, 6.07) is 14.6. The standard InChI is InChI=1S/C22H26N4O3S/c1-17-5-3-6-18(2)22(17)24-21(27)15-25-9-11-26(12-10-25)30(28,29)16-20-8-4-7-19(13-20)14-23/h3-8,13H,9-12,15-16H2,1-2H3,(H,24,27). The van der Waals surface area contributed by atoms with Crippen molar-refractivity contribution >= 4 is 21.6 Å². The van der Waals surface area contributed by atoms with Gasteiger partial charge in [0.15, 0.2) is 0 Å². The van der Waals surface area contributed by atoms with Crippen LogP contribution >= 0.6 is 0 Å². The van der Waals surface area contributed by atoms with Crippen LogP contribution in [0.2, 0.25) is 0 Å². The Balaban J connectivity index is 1.54. The second-order valence-corrected chi connectivity index (χ2v) is 9.53. The summed E-state index contributed by atoms with van der Waals surface area (Å²) in [5.41, 5.74) is 3.91. The normalized spacial score (nSPS) is 15.5. The van der Waals surface area contributed by atoms with Crippen molar-refractivity contribution in [2.75, 3.05) is 38.0 Å². The molecule has 1 aliphatic rings. The highest BCUT2D eigenvalue weighted by Crippen LogP contribution is 2.19. The number of hydrogen-bond donors (Lipinski definition) is 1. The number of sulfonamides is 1. The molecule has 1 aliphatic heterocycles. The van der Waals surface area contributed by atoms with Gasteiger partial charge in [0.25, 0.3) is 0 Å². The largest absolute Gasteiger partial charge is 0.324 e. The fourth-order valence-electron chi connectivity index (χ4n) is 3.59. The second kappa shape index (κ2) is 9.39. The van der Waals surface area contributed by atoms with E-state index in [1.54, 1.807) is 24.3 Å². The molecule has 8 heteroatoms. The lowest BCUT2D eigenvalue weighted by molar-refractivity contribution is -0.117. The minimum absolute atomic E-state index is 0.1000. The predicted octanol–water partition coefficient (Wildman–Crippen LogP) is 2.26. The van der Waals surface area contributed by atoms with Gasteiger partial charge < -0.3 is 5.32 Å². The number of nitrogens with one attached hydrogen (secondary N) is 1. The van der Waals surface area contributed by atoms with Crippen LogP contribution in [-0.4, -0.2) is 56.3 Å². The smallest absolute Gasteiger partial charge is 0.238 e. The molecule has 1 N–H and O–H groups in total. The van der Waals surface area contributed by atoms with Crippen LogP contribution in [0.3, 0.4) is 0 Å². The predicted molar refractivity (Wildman–Crippen MR) is 116 cm³/mol. The van der Waals surface area contributed by atoms with E-state index in [1.807, 2.05) is 43.0 Å². The van der Waals surface area contributed by atoms with Gasteiger partial charge in [-0.05, 0) is 42.7 Å². The molecular formula is C22H26N4O3S. The molecule has 2 aromatic carbocycles. The van der Waals surface area contributed by atoms with Crippen molar-refractivity contribution in [3.63, 3.8) is 0 Å². The fourth-order valence-corrected chi connectivity index (χ4v) is 5.10. The molecule has 0 saturated carbocycles. The lowest BCUT2D eigenvalue weighted by Gasteiger charge is -2.33. The molecule has 0 bridgehead atoms. The average molecular weight is 427 g/mol. The summed E-state index contributed by atoms with van der Waals surface area (Å²) in [4.78, 5) is 14.4. The van der Waals surface area contributed by atoms with Gasteiger partial charge in [0.05, 0.1) is 23.9 Å². The van der Waals surface area contributed by atoms with Gasteiger partial charge in [-0.2, -0.15) is 9.57 Å². The van der Waals surface area contributed by atoms with Gasteiger partial charge in [0.2, 0.25) is 15.9 Å². The summed E-state index contributed by atoms with van der Waals surface area (Å²) in [7, 11) is -3.48. The number of nitrogens with zero attached hydrogens (tertiary/aromatic N) is 3. The number of carbonyl (C=O) groups excluding carboxylic acids is 1. The first-order valence-electron chi connectivity index (χ1n) is 9.84. The first-order chi connectivity index (χ1) is 14.3. The number of piperazine rings is 1. The van der Waals surface area contributed by atoms with E-state index in [1.165, 1.54) is 4.31 Å². The van der Waals surface area contributed by atoms with Gasteiger partial charge in [-0.3, -0.25) is 9.69 Å². The Morgan fingerprint density at radius 1 is 1.07 bits per heavy atom. The second-order valence-electron chi connectivity index (χ2n) is 7.56. The molecular weight excluding hydrogens is 400 g/mol. The maximum Gasteiger partial charge on any atom is 0.238 e. The zero-order chi connectivity index (χ0) is 21.7. The van der Waals surface area contributed by atoms with Crippen LogP contribution in [0.5, 0.6) is 0 Å². The summed E-state index contributed by atoms with van der Waals surface area (Å²) in [5.74, 6) is -0.229. The van der Waals surface area contributed by atoms with Crippen molar-refractivity contribution in [2.45, 2.75) is 19.6 Å². The van der Waals surface area contributed by atoms with E-state index in [-0.39, 0.29) is 18.2 Å². The van der Waals surface area contributed by atoms with Crippen LogP contribution in [0.15, 0.2) is 42.5 Å². The van der Waals surface area contributed by atoms with Crippen LogP contribution in [0.25, 0.3) is 0 Å². The van der Waals surface area contributed by atoms with Gasteiger partial charge >= 0.3 is 0 Å². The lowest BCUT2D eigenvalue weighted by atomic mass is 10.1. The molecule has 1 fully saturated rings. The SMILES string of the molecule is Cc1cccc(C)c1NC(=O)CN1CCN(S(=O)(=O)Cc2cccc(C#N)c2)CC1. The number of rotatable bonds is 6. The molecule has 1 amide bonds. The first-order valence-corrected chi connectivity index (χ1v) is 11.4. The van der Waals surface area contributed by atoms with E-state index < -0.39 is 10.0 Å². The number of aryl methyl sites for hydroxylation is 2. The Bertz CT molecular complexity index is 1050. The van der Waals surface area contributed by atoms with E-state index in [9.17, 15) is 13.2 Å². The Labute approximate surface area is 178 Å². The first kappa shape index (κ1) is 22.0. The third-order valence-corrected chi connectivity index (χ3v) is 7.09. The minimum atomic E-state index is -3.48. The van der Waals surface area contributed by atoms with Crippen LogP contribution in [0.1, 0.15) is 22.3 Å². The van der Waals surface area contributed by atoms with Crippen molar-refractivity contribution in [3.05, 3.63) is 64.7 Å². The molecule has 30 heavy (non-hydrogen) atoms. The number of benzene rings is 2. The van der Waals surface area contributed by atoms with Crippen LogP contribution < -0.4 is 5.32 Å². The van der Waals surface area contributed by atoms with Crippen molar-refractivity contribution in [2.24, 2.45) is 0 Å². The zero-order valence-electron chi connectivity index (χ0n) is 17.3. The third kappa shape index (κ3) is 5.45. The van der Waals surface area contributed by atoms with E-state index in [2.05, 4.69) is 5.32 Å². The van der Waals surface area contributed by atoms with Crippen LogP contribution in [0.4, 0.5) is 5.69 Å². The molecule has 0 aromatic heterocycles. The molecule has 158 valence electrons. The molecule has 0 unspecified atom stereocenters. The quantitative estimate of drug-likeness (QED) is 0.765. The topological polar surface area (TPSA) is 93.5 Å². The summed E-state index contributed by atoms with van der Waals surface area (Å²) in [6.07, 6.45) is 0. The van der Waals surface area contributed by atoms with Crippen LogP contribution in [-0.2, 0) is 20.6 Å². The highest BCUT2D eigenvalue weighted by molar-refractivity contribution is 7.88. The molecule has 0 spiro atoms. The number of amides is 1. The van der Waals surface area contributed by atoms with Crippen LogP contribution in [0, 0.1) is 25.2 Å². The molecule has 3 rings (SSSR count). The molecule has 0 aliphatic carbocycles. The summed E-state index contributed by atoms with van der Waals surface area (Å²) in [5, 5.41) is 12.0. The van der Waals surface area contributed by atoms with Crippen molar-refractivity contribution in [3.8, 4) is 6.07 Å². The lowest BCUT2D eigenvalue weighted by Crippen LogP contribution is -2.50. The highest BCUT2D eigenvalue weighted by Gasteiger charge is 2.28. The number of anilines is 1. The van der Waals surface area contributed by atoms with Gasteiger partial charge in [0.1, 0.15) is 0 Å². The molecule has 7 nitrogen and oxygen atoms in total. The molecule has 0 atom stereocenters. The van der Waals surface area contributed by atoms with Gasteiger partial charge in [-0.1, -0.05) is 30.3 Å². The fraction of sp³-hybridized carbons (Fsp3) is 0.364. The zero-order valence-corrected chi connectivity index (χ0v) is 18.1. The van der Waals surface area contributed by atoms with E-state index in [0.29, 0.717) is 37.3 Å². The Morgan fingerprint density at radius 2 is 1.70 bits per heavy atom. The molecule has 2 aromatic rings. The number of para-hydroxylation sites is 1. The number of carbonyl (C=O) groups is 1. The monoisotopic (exact) mass is 426 g/mol. The number of hydrogen-bond acceptors (Lipinski definition) is 5. The van der Waals surface area contributed by atoms with Gasteiger partial charge in [-0.25, -0.2) is 8.42 Å². The Kier molecular flexibility index (Phi) is 6.87. The van der Waals surface area contributed by atoms with Crippen molar-refractivity contribution in [1.29, 1.82) is 5.26 Å². The minimum Gasteiger partial charge on any atom is -0.324 e. The molecule has 1 heterocycles. The van der Waals surface area contributed by atoms with Crippen molar-refractivity contribution < 1.29 is 13.2 Å². The highest BCUT2D eigenvalue weighted by atomic mass is 32.2. The molecule has 0 radical (unpaired) electrons. The maximum absolute atomic E-state index is 12.7. The van der Waals surface area contributed by atoms with E-state index in [0.717, 1.165) is 16.8 Å². The third-order valence-electron chi connectivity index (χ3n) is 5.24. The van der Waals surface area contributed by atoms with Gasteiger partial charge in [-0.15, -0.1) is 0 Å². The summed E-state index contributed by atoms with van der Waals surface area (Å²) in [6.45, 7) is 5.83. The average Bonchev–Trinajstić information content (AvgIpc) is 2.71. The Morgan fingerprint density at radius 3 is 2.33 bits per heavy atom.